The fraction of sp³-hybridized carbons (Fsp3) is 0.667. The molecule has 168 valence electrons. The number of allylic oxidation sites excluding steroid dienone is 2. The van der Waals surface area contributed by atoms with Gasteiger partial charge in [0.2, 0.25) is 0 Å². The van der Waals surface area contributed by atoms with Crippen LogP contribution in [0.4, 0.5) is 0 Å². The highest BCUT2D eigenvalue weighted by molar-refractivity contribution is 6.12. The van der Waals surface area contributed by atoms with Gasteiger partial charge >= 0.3 is 23.9 Å². The van der Waals surface area contributed by atoms with E-state index in [0.29, 0.717) is 25.7 Å². The molecule has 0 aliphatic heterocycles. The van der Waals surface area contributed by atoms with Crippen LogP contribution in [0.5, 0.6) is 0 Å². The molecule has 4 rings (SSSR count). The Morgan fingerprint density at radius 2 is 1.03 bits per heavy atom. The van der Waals surface area contributed by atoms with Gasteiger partial charge in [-0.25, -0.2) is 9.59 Å². The summed E-state index contributed by atoms with van der Waals surface area (Å²) in [7, 11) is 0. The second-order valence-corrected chi connectivity index (χ2v) is 11.2. The Morgan fingerprint density at radius 3 is 1.23 bits per heavy atom. The van der Waals surface area contributed by atoms with Gasteiger partial charge in [-0.2, -0.15) is 0 Å². The molecule has 2 fully saturated rings. The van der Waals surface area contributed by atoms with E-state index in [1.807, 2.05) is 27.7 Å². The zero-order valence-corrected chi connectivity index (χ0v) is 18.9. The maximum absolute atomic E-state index is 13.4. The average molecular weight is 430 g/mol. The van der Waals surface area contributed by atoms with Crippen LogP contribution >= 0.6 is 0 Å². The minimum atomic E-state index is -2.03. The lowest BCUT2D eigenvalue weighted by molar-refractivity contribution is -0.189. The zero-order chi connectivity index (χ0) is 23.4. The summed E-state index contributed by atoms with van der Waals surface area (Å²) >= 11 is 0. The Labute approximate surface area is 181 Å². The number of carboxylic acid groups (broad SMARTS) is 2. The van der Waals surface area contributed by atoms with E-state index in [-0.39, 0.29) is 0 Å². The van der Waals surface area contributed by atoms with Crippen molar-refractivity contribution >= 4 is 23.9 Å². The predicted octanol–water partition coefficient (Wildman–Crippen LogP) is 3.73. The molecule has 7 nitrogen and oxygen atoms in total. The highest BCUT2D eigenvalue weighted by Crippen LogP contribution is 2.72. The van der Waals surface area contributed by atoms with E-state index in [4.69, 9.17) is 4.74 Å². The molecule has 2 saturated carbocycles. The van der Waals surface area contributed by atoms with Gasteiger partial charge in [-0.15, -0.1) is 0 Å². The van der Waals surface area contributed by atoms with Crippen LogP contribution in [-0.4, -0.2) is 34.1 Å². The van der Waals surface area contributed by atoms with E-state index in [9.17, 15) is 29.4 Å². The fourth-order valence-electron chi connectivity index (χ4n) is 7.04. The number of carboxylic acids is 2. The zero-order valence-electron chi connectivity index (χ0n) is 18.9. The summed E-state index contributed by atoms with van der Waals surface area (Å²) in [6, 6.07) is 0. The van der Waals surface area contributed by atoms with Crippen molar-refractivity contribution in [1.82, 2.24) is 0 Å². The monoisotopic (exact) mass is 430 g/mol. The summed E-state index contributed by atoms with van der Waals surface area (Å²) in [6.45, 7) is 11.1. The molecule has 0 spiro atoms. The highest BCUT2D eigenvalue weighted by atomic mass is 16.6. The van der Waals surface area contributed by atoms with Crippen LogP contribution in [0.15, 0.2) is 23.3 Å². The third-order valence-electron chi connectivity index (χ3n) is 10.2. The molecule has 7 heteroatoms. The van der Waals surface area contributed by atoms with Crippen molar-refractivity contribution in [2.75, 3.05) is 0 Å². The lowest BCUT2D eigenvalue weighted by Crippen LogP contribution is -2.57. The minimum absolute atomic E-state index is 0.473. The number of hydrogen-bond acceptors (Lipinski definition) is 5. The number of carbonyl (C=O) groups excluding carboxylic acids is 2. The summed E-state index contributed by atoms with van der Waals surface area (Å²) < 4.78 is 5.24. The van der Waals surface area contributed by atoms with Crippen LogP contribution in [0.3, 0.4) is 0 Å². The molecule has 4 aliphatic carbocycles. The van der Waals surface area contributed by atoms with Crippen molar-refractivity contribution < 1.29 is 34.1 Å². The predicted molar refractivity (Wildman–Crippen MR) is 110 cm³/mol. The van der Waals surface area contributed by atoms with Gasteiger partial charge in [-0.3, -0.25) is 9.59 Å². The summed E-state index contributed by atoms with van der Waals surface area (Å²) in [4.78, 5) is 51.8. The van der Waals surface area contributed by atoms with Gasteiger partial charge in [-0.1, -0.05) is 64.8 Å². The molecule has 4 aliphatic rings. The average Bonchev–Trinajstić information content (AvgIpc) is 3.16. The first-order valence-corrected chi connectivity index (χ1v) is 10.7. The normalized spacial score (nSPS) is 41.0. The third kappa shape index (κ3) is 1.97. The van der Waals surface area contributed by atoms with Crippen LogP contribution in [0, 0.1) is 32.5 Å². The molecule has 4 unspecified atom stereocenters. The van der Waals surface area contributed by atoms with E-state index in [1.54, 1.807) is 13.8 Å². The summed E-state index contributed by atoms with van der Waals surface area (Å²) in [5.74, 6) is -5.15. The summed E-state index contributed by atoms with van der Waals surface area (Å²) in [5, 5.41) is 20.3. The van der Waals surface area contributed by atoms with E-state index in [0.717, 1.165) is 11.1 Å². The molecule has 0 aromatic rings. The van der Waals surface area contributed by atoms with Crippen molar-refractivity contribution in [3.05, 3.63) is 23.3 Å². The fourth-order valence-corrected chi connectivity index (χ4v) is 7.04. The molecule has 2 N–H and O–H groups in total. The molecule has 0 saturated heterocycles. The Hall–Kier alpha value is -2.44. The Kier molecular flexibility index (Phi) is 3.98. The first-order valence-electron chi connectivity index (χ1n) is 10.7. The van der Waals surface area contributed by atoms with Crippen LogP contribution in [0.2, 0.25) is 0 Å². The molecule has 0 radical (unpaired) electrons. The van der Waals surface area contributed by atoms with Gasteiger partial charge in [0.1, 0.15) is 0 Å². The van der Waals surface area contributed by atoms with Crippen molar-refractivity contribution in [3.63, 3.8) is 0 Å². The molecular weight excluding hydrogens is 400 g/mol. The van der Waals surface area contributed by atoms with E-state index in [1.165, 1.54) is 12.2 Å². The molecule has 0 amide bonds. The molecule has 4 bridgehead atoms. The van der Waals surface area contributed by atoms with Crippen LogP contribution in [0.1, 0.15) is 67.2 Å². The lowest BCUT2D eigenvalue weighted by Gasteiger charge is -2.45. The summed E-state index contributed by atoms with van der Waals surface area (Å²) in [5.41, 5.74) is -5.42. The van der Waals surface area contributed by atoms with Crippen molar-refractivity contribution in [2.45, 2.75) is 67.2 Å². The Bertz CT molecular complexity index is 935. The van der Waals surface area contributed by atoms with Gasteiger partial charge in [-0.05, 0) is 36.5 Å². The van der Waals surface area contributed by atoms with Crippen molar-refractivity contribution in [1.29, 1.82) is 0 Å². The number of fused-ring (bicyclic) bond motifs is 4. The maximum Gasteiger partial charge on any atom is 0.335 e. The maximum atomic E-state index is 13.4. The van der Waals surface area contributed by atoms with E-state index in [2.05, 4.69) is 0 Å². The Balaban J connectivity index is 1.77. The first-order chi connectivity index (χ1) is 14.1. The van der Waals surface area contributed by atoms with Gasteiger partial charge in [0.15, 0.2) is 10.8 Å². The number of ether oxygens (including phenoxy) is 1. The smallest absolute Gasteiger partial charge is 0.335 e. The molecule has 0 aromatic heterocycles. The topological polar surface area (TPSA) is 118 Å². The number of hydrogen-bond donors (Lipinski definition) is 2. The van der Waals surface area contributed by atoms with Crippen molar-refractivity contribution in [2.24, 2.45) is 32.5 Å². The lowest BCUT2D eigenvalue weighted by atomic mass is 9.57. The van der Waals surface area contributed by atoms with E-state index < -0.39 is 56.4 Å². The highest BCUT2D eigenvalue weighted by Gasteiger charge is 2.75. The second-order valence-electron chi connectivity index (χ2n) is 11.2. The van der Waals surface area contributed by atoms with Gasteiger partial charge in [0.05, 0.1) is 0 Å². The SMILES string of the molecule is CC1(C)C2=CC(C(=O)O)(C(=O)OC(=O)C3(C(=O)O)C=C4CCC3(C)C4(C)C)C1(C)CC2. The number of carbonyl (C=O) groups is 4. The van der Waals surface area contributed by atoms with Crippen LogP contribution < -0.4 is 0 Å². The number of rotatable bonds is 4. The van der Waals surface area contributed by atoms with E-state index >= 15 is 0 Å². The molecule has 0 heterocycles. The standard InChI is InChI=1S/C24H30O7/c1-19(2)13-7-9-21(19,5)23(11-13,15(25)26)17(29)31-18(30)24(16(27)28)12-14-8-10-22(24,6)20(14,3)4/h11-12H,7-10H2,1-6H3,(H,25,26)(H,27,28). The number of aliphatic carboxylic acids is 2. The Morgan fingerprint density at radius 1 is 0.710 bits per heavy atom. The van der Waals surface area contributed by atoms with Crippen molar-refractivity contribution in [3.8, 4) is 0 Å². The van der Waals surface area contributed by atoms with Crippen LogP contribution in [0.25, 0.3) is 0 Å². The molecular formula is C24H30O7. The second kappa shape index (κ2) is 5.67. The quantitative estimate of drug-likeness (QED) is 0.396. The van der Waals surface area contributed by atoms with Gasteiger partial charge < -0.3 is 14.9 Å². The first kappa shape index (κ1) is 21.8. The summed E-state index contributed by atoms with van der Waals surface area (Å²) in [6.07, 6.45) is 5.18. The van der Waals surface area contributed by atoms with Gasteiger partial charge in [0.25, 0.3) is 0 Å². The molecule has 31 heavy (non-hydrogen) atoms. The molecule has 0 aromatic carbocycles. The van der Waals surface area contributed by atoms with Gasteiger partial charge in [0, 0.05) is 10.8 Å². The molecule has 4 atom stereocenters. The minimum Gasteiger partial charge on any atom is -0.480 e. The number of esters is 2. The largest absolute Gasteiger partial charge is 0.480 e. The van der Waals surface area contributed by atoms with Crippen LogP contribution in [-0.2, 0) is 23.9 Å². The third-order valence-corrected chi connectivity index (χ3v) is 10.2.